The van der Waals surface area contributed by atoms with Crippen LogP contribution < -0.4 is 15.4 Å². The number of piperidine rings is 3. The second-order valence-electron chi connectivity index (χ2n) is 13.0. The van der Waals surface area contributed by atoms with Gasteiger partial charge in [0.1, 0.15) is 5.56 Å². The van der Waals surface area contributed by atoms with Gasteiger partial charge in [-0.15, -0.1) is 0 Å². The van der Waals surface area contributed by atoms with E-state index < -0.39 is 33.6 Å². The molecule has 0 spiro atoms. The summed E-state index contributed by atoms with van der Waals surface area (Å²) in [7, 11) is -0.471. The van der Waals surface area contributed by atoms with Crippen LogP contribution >= 0.6 is 0 Å². The van der Waals surface area contributed by atoms with Crippen LogP contribution in [0.15, 0.2) is 24.4 Å². The van der Waals surface area contributed by atoms with E-state index in [4.69, 9.17) is 4.74 Å². The van der Waals surface area contributed by atoms with Gasteiger partial charge >= 0.3 is 6.18 Å². The highest BCUT2D eigenvalue weighted by Gasteiger charge is 2.37. The summed E-state index contributed by atoms with van der Waals surface area (Å²) in [6.45, 7) is 3.03. The molecule has 6 rings (SSSR count). The third-order valence-electron chi connectivity index (χ3n) is 9.84. The second kappa shape index (κ2) is 14.2. The predicted octanol–water partition coefficient (Wildman–Crippen LogP) is 3.39. The number of amides is 2. The highest BCUT2D eigenvalue weighted by atomic mass is 32.2. The predicted molar refractivity (Wildman–Crippen MR) is 174 cm³/mol. The van der Waals surface area contributed by atoms with Gasteiger partial charge < -0.3 is 15.0 Å². The number of nitrogens with zero attached hydrogens (tertiary/aromatic N) is 6. The number of hydrogen-bond acceptors (Lipinski definition) is 10. The maximum Gasteiger partial charge on any atom is 0.423 e. The van der Waals surface area contributed by atoms with Crippen LogP contribution in [0.2, 0.25) is 0 Å². The topological polar surface area (TPSA) is 152 Å². The van der Waals surface area contributed by atoms with Crippen LogP contribution in [0.5, 0.6) is 5.88 Å². The van der Waals surface area contributed by atoms with Gasteiger partial charge in [0.2, 0.25) is 33.7 Å². The van der Waals surface area contributed by atoms with E-state index in [2.05, 4.69) is 42.7 Å². The molecule has 5 heterocycles. The van der Waals surface area contributed by atoms with Gasteiger partial charge in [0.25, 0.3) is 0 Å². The first kappa shape index (κ1) is 35.0. The number of rotatable bonds is 10. The summed E-state index contributed by atoms with van der Waals surface area (Å²) in [5.74, 6) is -1.13. The number of nitrogens with one attached hydrogen (secondary N) is 2. The summed E-state index contributed by atoms with van der Waals surface area (Å²) in [5, 5.41) is 11.0. The fourth-order valence-electron chi connectivity index (χ4n) is 7.10. The Kier molecular flexibility index (Phi) is 10.1. The minimum Gasteiger partial charge on any atom is -0.480 e. The molecule has 0 aliphatic carbocycles. The number of anilines is 1. The molecular formula is C32H41F3N8O5S. The number of aromatic nitrogens is 4. The van der Waals surface area contributed by atoms with Crippen LogP contribution in [-0.2, 0) is 32.8 Å². The second-order valence-corrected chi connectivity index (χ2v) is 15.1. The number of alkyl halides is 3. The fourth-order valence-corrected chi connectivity index (χ4v) is 8.62. The Morgan fingerprint density at radius 3 is 2.47 bits per heavy atom. The van der Waals surface area contributed by atoms with Crippen molar-refractivity contribution in [3.63, 3.8) is 0 Å². The zero-order valence-electron chi connectivity index (χ0n) is 27.5. The first-order valence-electron chi connectivity index (χ1n) is 16.6. The normalized spacial score (nSPS) is 20.9. The SMILES string of the molecule is COc1nc(NC2CCN(S(=O)(=O)CCCN3CCC(c4ccc5c(C6CCC(=O)NC6=O)nn(C)c5c4)CC3)CC2)ncc1C(F)(F)F. The Labute approximate surface area is 282 Å². The molecule has 13 nitrogen and oxygen atoms in total. The van der Waals surface area contributed by atoms with Crippen LogP contribution in [0.1, 0.15) is 73.6 Å². The van der Waals surface area contributed by atoms with Crippen molar-refractivity contribution in [2.75, 3.05) is 50.9 Å². The van der Waals surface area contributed by atoms with Crippen molar-refractivity contribution in [3.8, 4) is 5.88 Å². The van der Waals surface area contributed by atoms with E-state index in [1.165, 1.54) is 9.87 Å². The summed E-state index contributed by atoms with van der Waals surface area (Å²) in [5.41, 5.74) is 1.82. The van der Waals surface area contributed by atoms with Crippen molar-refractivity contribution in [1.29, 1.82) is 0 Å². The number of fused-ring (bicyclic) bond motifs is 1. The molecule has 3 aromatic rings. The average Bonchev–Trinajstić information content (AvgIpc) is 3.39. The number of likely N-dealkylation sites (tertiary alicyclic amines) is 1. The molecule has 2 N–H and O–H groups in total. The van der Waals surface area contributed by atoms with Gasteiger partial charge in [-0.2, -0.15) is 23.3 Å². The van der Waals surface area contributed by atoms with E-state index in [1.807, 2.05) is 13.1 Å². The van der Waals surface area contributed by atoms with Gasteiger partial charge in [-0.25, -0.2) is 17.7 Å². The summed E-state index contributed by atoms with van der Waals surface area (Å²) in [4.78, 5) is 34.0. The molecule has 49 heavy (non-hydrogen) atoms. The maximum absolute atomic E-state index is 13.1. The number of benzene rings is 1. The molecule has 2 amide bonds. The highest BCUT2D eigenvalue weighted by molar-refractivity contribution is 7.89. The first-order chi connectivity index (χ1) is 23.3. The van der Waals surface area contributed by atoms with Crippen LogP contribution in [0.4, 0.5) is 19.1 Å². The molecular weight excluding hydrogens is 665 g/mol. The number of carbonyl (C=O) groups is 2. The lowest BCUT2D eigenvalue weighted by molar-refractivity contribution is -0.139. The van der Waals surface area contributed by atoms with Crippen LogP contribution in [-0.4, -0.2) is 101 Å². The quantitative estimate of drug-likeness (QED) is 0.300. The molecule has 3 saturated heterocycles. The lowest BCUT2D eigenvalue weighted by atomic mass is 9.88. The minimum atomic E-state index is -4.63. The molecule has 0 radical (unpaired) electrons. The van der Waals surface area contributed by atoms with E-state index in [0.717, 1.165) is 43.9 Å². The molecule has 2 aromatic heterocycles. The van der Waals surface area contributed by atoms with Crippen molar-refractivity contribution in [1.82, 2.24) is 34.3 Å². The number of imide groups is 1. The number of methoxy groups -OCH3 is 1. The molecule has 0 bridgehead atoms. The Hall–Kier alpha value is -3.83. The zero-order valence-corrected chi connectivity index (χ0v) is 28.3. The monoisotopic (exact) mass is 706 g/mol. The minimum absolute atomic E-state index is 0.00590. The van der Waals surface area contributed by atoms with Crippen LogP contribution in [0, 0.1) is 0 Å². The van der Waals surface area contributed by atoms with Crippen LogP contribution in [0.3, 0.4) is 0 Å². The Morgan fingerprint density at radius 1 is 1.06 bits per heavy atom. The number of halogens is 3. The lowest BCUT2D eigenvalue weighted by Gasteiger charge is -2.33. The van der Waals surface area contributed by atoms with E-state index in [-0.39, 0.29) is 29.6 Å². The number of hydrogen-bond donors (Lipinski definition) is 2. The van der Waals surface area contributed by atoms with Gasteiger partial charge in [-0.3, -0.25) is 19.6 Å². The standard InChI is InChI=1S/C32H41F3N8O5S/c1-41-26-18-21(4-5-23(26)28(40-41)24-6-7-27(44)38-29(24)45)20-8-13-42(14-9-20)12-3-17-49(46,47)43-15-10-22(11-16-43)37-31-36-19-25(32(33,34)35)30(39-31)48-2/h4-5,18-20,22,24H,3,6-17H2,1-2H3,(H,36,37,39)(H,38,44,45). The average molecular weight is 707 g/mol. The summed E-state index contributed by atoms with van der Waals surface area (Å²) in [6.07, 6.45) is 0.172. The summed E-state index contributed by atoms with van der Waals surface area (Å²) < 4.78 is 73.6. The number of aryl methyl sites for hydroxylation is 1. The number of ether oxygens (including phenoxy) is 1. The summed E-state index contributed by atoms with van der Waals surface area (Å²) >= 11 is 0. The van der Waals surface area contributed by atoms with Crippen molar-refractivity contribution in [2.45, 2.75) is 69.0 Å². The third kappa shape index (κ3) is 7.83. The smallest absolute Gasteiger partial charge is 0.423 e. The highest BCUT2D eigenvalue weighted by Crippen LogP contribution is 2.36. The third-order valence-corrected chi connectivity index (χ3v) is 11.8. The molecule has 1 unspecified atom stereocenters. The lowest BCUT2D eigenvalue weighted by Crippen LogP contribution is -2.44. The van der Waals surface area contributed by atoms with E-state index in [1.54, 1.807) is 4.68 Å². The van der Waals surface area contributed by atoms with Crippen LogP contribution in [0.25, 0.3) is 10.9 Å². The molecule has 0 saturated carbocycles. The van der Waals surface area contributed by atoms with Gasteiger partial charge in [-0.05, 0) is 75.7 Å². The van der Waals surface area contributed by atoms with Crippen molar-refractivity contribution < 1.29 is 35.9 Å². The Balaban J connectivity index is 0.949. The van der Waals surface area contributed by atoms with Gasteiger partial charge in [0.05, 0.1) is 30.0 Å². The van der Waals surface area contributed by atoms with Crippen molar-refractivity contribution in [2.24, 2.45) is 7.05 Å². The zero-order chi connectivity index (χ0) is 34.9. The Morgan fingerprint density at radius 2 is 1.80 bits per heavy atom. The first-order valence-corrected chi connectivity index (χ1v) is 18.2. The van der Waals surface area contributed by atoms with Crippen molar-refractivity contribution >= 4 is 38.7 Å². The maximum atomic E-state index is 13.1. The Bertz CT molecular complexity index is 1800. The molecule has 3 aliphatic rings. The fraction of sp³-hybridized carbons (Fsp3) is 0.594. The molecule has 3 aliphatic heterocycles. The molecule has 1 aromatic carbocycles. The largest absolute Gasteiger partial charge is 0.480 e. The summed E-state index contributed by atoms with van der Waals surface area (Å²) in [6, 6.07) is 6.11. The van der Waals surface area contributed by atoms with Gasteiger partial charge in [-0.1, -0.05) is 12.1 Å². The van der Waals surface area contributed by atoms with Crippen molar-refractivity contribution in [3.05, 3.63) is 41.2 Å². The molecule has 266 valence electrons. The van der Waals surface area contributed by atoms with Gasteiger partial charge in [0.15, 0.2) is 0 Å². The molecule has 3 fully saturated rings. The van der Waals surface area contributed by atoms with Gasteiger partial charge in [0, 0.05) is 44.2 Å². The van der Waals surface area contributed by atoms with E-state index >= 15 is 0 Å². The molecule has 17 heteroatoms. The number of sulfonamides is 1. The molecule has 1 atom stereocenters. The van der Waals surface area contributed by atoms with E-state index in [9.17, 15) is 31.2 Å². The van der Waals surface area contributed by atoms with E-state index in [0.29, 0.717) is 69.5 Å². The number of carbonyl (C=O) groups excluding carboxylic acids is 2.